The summed E-state index contributed by atoms with van der Waals surface area (Å²) in [5.74, 6) is -0.414. The fourth-order valence-corrected chi connectivity index (χ4v) is 3.83. The summed E-state index contributed by atoms with van der Waals surface area (Å²) in [5.41, 5.74) is 6.71. The van der Waals surface area contributed by atoms with Gasteiger partial charge >= 0.3 is 0 Å². The summed E-state index contributed by atoms with van der Waals surface area (Å²) in [6.45, 7) is 1.62. The number of hydroxylamine groups is 2. The summed E-state index contributed by atoms with van der Waals surface area (Å²) < 4.78 is 0. The minimum atomic E-state index is -0.601. The number of carbonyl (C=O) groups is 2. The summed E-state index contributed by atoms with van der Waals surface area (Å²) in [4.78, 5) is 44.6. The summed E-state index contributed by atoms with van der Waals surface area (Å²) >= 11 is 0. The molecule has 2 aromatic rings. The van der Waals surface area contributed by atoms with Crippen LogP contribution in [0.4, 0.5) is 5.95 Å². The SMILES string of the molecule is N#Cc1cncc([C@@H]2CCON2C(=O)C2CCN(c3nccc(C(N)=O)n3)CC2)c1. The molecular formula is C20H21N7O3. The Bertz CT molecular complexity index is 998. The number of nitrogens with two attached hydrogens (primary N) is 1. The van der Waals surface area contributed by atoms with Gasteiger partial charge in [-0.05, 0) is 30.5 Å². The van der Waals surface area contributed by atoms with Crippen molar-refractivity contribution in [2.24, 2.45) is 11.7 Å². The molecule has 2 N–H and O–H groups in total. The molecule has 1 atom stereocenters. The molecule has 2 amide bonds. The molecule has 10 nitrogen and oxygen atoms in total. The van der Waals surface area contributed by atoms with Crippen molar-refractivity contribution >= 4 is 17.8 Å². The third-order valence-corrected chi connectivity index (χ3v) is 5.42. The van der Waals surface area contributed by atoms with Crippen LogP contribution in [0.2, 0.25) is 0 Å². The number of anilines is 1. The van der Waals surface area contributed by atoms with Crippen molar-refractivity contribution in [2.45, 2.75) is 25.3 Å². The van der Waals surface area contributed by atoms with Crippen molar-refractivity contribution in [3.63, 3.8) is 0 Å². The first-order valence-electron chi connectivity index (χ1n) is 9.75. The quantitative estimate of drug-likeness (QED) is 0.791. The molecule has 2 fully saturated rings. The molecule has 2 saturated heterocycles. The molecule has 0 radical (unpaired) electrons. The second kappa shape index (κ2) is 8.42. The number of amides is 2. The van der Waals surface area contributed by atoms with Crippen molar-refractivity contribution < 1.29 is 14.4 Å². The highest BCUT2D eigenvalue weighted by atomic mass is 16.7. The molecule has 0 aromatic carbocycles. The molecule has 154 valence electrons. The fraction of sp³-hybridized carbons (Fsp3) is 0.400. The third-order valence-electron chi connectivity index (χ3n) is 5.42. The van der Waals surface area contributed by atoms with Gasteiger partial charge in [-0.15, -0.1) is 0 Å². The van der Waals surface area contributed by atoms with Crippen LogP contribution in [0.1, 0.15) is 46.9 Å². The standard InChI is InChI=1S/C20H21N7O3/c21-10-13-9-15(12-23-11-13)17-4-8-30-27(17)19(29)14-2-6-26(7-3-14)20-24-5-1-16(25-20)18(22)28/h1,5,9,11-12,14,17H,2-4,6-8H2,(H2,22,28)/t17-/m0/s1. The number of rotatable bonds is 4. The maximum absolute atomic E-state index is 13.1. The zero-order chi connectivity index (χ0) is 21.1. The highest BCUT2D eigenvalue weighted by Crippen LogP contribution is 2.33. The summed E-state index contributed by atoms with van der Waals surface area (Å²) in [6, 6.07) is 5.06. The van der Waals surface area contributed by atoms with Gasteiger partial charge in [-0.25, -0.2) is 15.0 Å². The minimum absolute atomic E-state index is 0.0636. The van der Waals surface area contributed by atoms with Crippen LogP contribution in [0.3, 0.4) is 0 Å². The molecule has 4 heterocycles. The van der Waals surface area contributed by atoms with Gasteiger partial charge in [0.25, 0.3) is 5.91 Å². The van der Waals surface area contributed by atoms with Crippen molar-refractivity contribution in [3.8, 4) is 6.07 Å². The number of hydrogen-bond acceptors (Lipinski definition) is 8. The van der Waals surface area contributed by atoms with Gasteiger partial charge in [0.2, 0.25) is 11.9 Å². The zero-order valence-electron chi connectivity index (χ0n) is 16.3. The van der Waals surface area contributed by atoms with E-state index in [1.807, 2.05) is 4.90 Å². The molecule has 2 aliphatic rings. The van der Waals surface area contributed by atoms with Gasteiger partial charge in [-0.1, -0.05) is 0 Å². The lowest BCUT2D eigenvalue weighted by Crippen LogP contribution is -2.42. The summed E-state index contributed by atoms with van der Waals surface area (Å²) in [7, 11) is 0. The Hall–Kier alpha value is -3.58. The van der Waals surface area contributed by atoms with E-state index in [-0.39, 0.29) is 23.6 Å². The van der Waals surface area contributed by atoms with E-state index in [0.717, 1.165) is 5.56 Å². The Kier molecular flexibility index (Phi) is 5.54. The highest BCUT2D eigenvalue weighted by Gasteiger charge is 2.37. The summed E-state index contributed by atoms with van der Waals surface area (Å²) in [5, 5.41) is 10.6. The number of carbonyl (C=O) groups excluding carboxylic acids is 2. The fourth-order valence-electron chi connectivity index (χ4n) is 3.83. The average Bonchev–Trinajstić information content (AvgIpc) is 3.29. The summed E-state index contributed by atoms with van der Waals surface area (Å²) in [6.07, 6.45) is 6.57. The van der Waals surface area contributed by atoms with Crippen molar-refractivity contribution in [2.75, 3.05) is 24.6 Å². The number of primary amides is 1. The van der Waals surface area contributed by atoms with E-state index >= 15 is 0 Å². The van der Waals surface area contributed by atoms with Crippen LogP contribution in [0, 0.1) is 17.2 Å². The van der Waals surface area contributed by atoms with E-state index in [0.29, 0.717) is 50.5 Å². The monoisotopic (exact) mass is 407 g/mol. The zero-order valence-corrected chi connectivity index (χ0v) is 16.3. The van der Waals surface area contributed by atoms with Gasteiger partial charge in [-0.3, -0.25) is 19.4 Å². The van der Waals surface area contributed by atoms with Gasteiger partial charge < -0.3 is 10.6 Å². The molecule has 0 spiro atoms. The van der Waals surface area contributed by atoms with Crippen LogP contribution in [0.15, 0.2) is 30.7 Å². The normalized spacial score (nSPS) is 19.5. The Morgan fingerprint density at radius 1 is 1.23 bits per heavy atom. The molecule has 4 rings (SSSR count). The number of piperidine rings is 1. The van der Waals surface area contributed by atoms with Gasteiger partial charge in [0, 0.05) is 44.0 Å². The van der Waals surface area contributed by atoms with Crippen molar-refractivity contribution in [1.29, 1.82) is 5.26 Å². The predicted octanol–water partition coefficient (Wildman–Crippen LogP) is 0.964. The van der Waals surface area contributed by atoms with Crippen LogP contribution < -0.4 is 10.6 Å². The lowest BCUT2D eigenvalue weighted by molar-refractivity contribution is -0.182. The number of nitriles is 1. The Morgan fingerprint density at radius 3 is 2.77 bits per heavy atom. The molecule has 30 heavy (non-hydrogen) atoms. The van der Waals surface area contributed by atoms with Crippen LogP contribution >= 0.6 is 0 Å². The van der Waals surface area contributed by atoms with E-state index in [1.165, 1.54) is 23.5 Å². The molecule has 10 heteroatoms. The van der Waals surface area contributed by atoms with Crippen LogP contribution in [-0.2, 0) is 9.63 Å². The lowest BCUT2D eigenvalue weighted by atomic mass is 9.94. The van der Waals surface area contributed by atoms with Gasteiger partial charge in [0.15, 0.2) is 0 Å². The largest absolute Gasteiger partial charge is 0.364 e. The van der Waals surface area contributed by atoms with Crippen LogP contribution in [0.25, 0.3) is 0 Å². The average molecular weight is 407 g/mol. The maximum atomic E-state index is 13.1. The van der Waals surface area contributed by atoms with Gasteiger partial charge in [-0.2, -0.15) is 5.26 Å². The second-order valence-electron chi connectivity index (χ2n) is 7.29. The Labute approximate surface area is 173 Å². The smallest absolute Gasteiger partial charge is 0.267 e. The van der Waals surface area contributed by atoms with E-state index in [1.54, 1.807) is 12.3 Å². The first-order valence-corrected chi connectivity index (χ1v) is 9.75. The lowest BCUT2D eigenvalue weighted by Gasteiger charge is -2.34. The Balaban J connectivity index is 1.42. The molecular weight excluding hydrogens is 386 g/mol. The van der Waals surface area contributed by atoms with E-state index in [9.17, 15) is 9.59 Å². The van der Waals surface area contributed by atoms with Crippen molar-refractivity contribution in [1.82, 2.24) is 20.0 Å². The molecule has 0 saturated carbocycles. The first kappa shape index (κ1) is 19.7. The minimum Gasteiger partial charge on any atom is -0.364 e. The Morgan fingerprint density at radius 2 is 2.03 bits per heavy atom. The van der Waals surface area contributed by atoms with Gasteiger partial charge in [0.05, 0.1) is 18.2 Å². The third kappa shape index (κ3) is 3.92. The van der Waals surface area contributed by atoms with Crippen LogP contribution in [0.5, 0.6) is 0 Å². The number of pyridine rings is 1. The number of aromatic nitrogens is 3. The highest BCUT2D eigenvalue weighted by molar-refractivity contribution is 5.90. The number of nitrogens with zero attached hydrogens (tertiary/aromatic N) is 6. The van der Waals surface area contributed by atoms with Crippen LogP contribution in [-0.4, -0.2) is 51.5 Å². The first-order chi connectivity index (χ1) is 14.6. The molecule has 2 aliphatic heterocycles. The molecule has 0 bridgehead atoms. The molecule has 2 aromatic heterocycles. The topological polar surface area (TPSA) is 138 Å². The van der Waals surface area contributed by atoms with Crippen molar-refractivity contribution in [3.05, 3.63) is 47.5 Å². The molecule has 0 aliphatic carbocycles. The van der Waals surface area contributed by atoms with E-state index < -0.39 is 5.91 Å². The molecule has 0 unspecified atom stereocenters. The predicted molar refractivity (Wildman–Crippen MR) is 105 cm³/mol. The van der Waals surface area contributed by atoms with Gasteiger partial charge in [0.1, 0.15) is 11.8 Å². The number of hydrogen-bond donors (Lipinski definition) is 1. The second-order valence-corrected chi connectivity index (χ2v) is 7.29. The van der Waals surface area contributed by atoms with E-state index in [2.05, 4.69) is 21.0 Å². The maximum Gasteiger partial charge on any atom is 0.267 e. The van der Waals surface area contributed by atoms with E-state index in [4.69, 9.17) is 15.8 Å².